The van der Waals surface area contributed by atoms with Crippen LogP contribution >= 0.6 is 27.5 Å². The average molecular weight is 333 g/mol. The van der Waals surface area contributed by atoms with Gasteiger partial charge in [-0.25, -0.2) is 9.18 Å². The molecule has 2 aromatic rings. The molecule has 0 bridgehead atoms. The van der Waals surface area contributed by atoms with Crippen LogP contribution in [0.3, 0.4) is 0 Å². The number of carbonyl (C=O) groups excluding carboxylic acids is 1. The number of pyridine rings is 1. The fraction of sp³-hybridized carbons (Fsp3) is 0.167. The van der Waals surface area contributed by atoms with Crippen LogP contribution in [0.25, 0.3) is 10.9 Å². The number of benzene rings is 1. The fourth-order valence-corrected chi connectivity index (χ4v) is 2.29. The van der Waals surface area contributed by atoms with Crippen molar-refractivity contribution >= 4 is 44.4 Å². The fourth-order valence-electron chi connectivity index (χ4n) is 1.56. The van der Waals surface area contributed by atoms with Gasteiger partial charge >= 0.3 is 5.97 Å². The molecule has 0 atom stereocenters. The molecular weight excluding hydrogens is 324 g/mol. The maximum absolute atomic E-state index is 13.8. The van der Waals surface area contributed by atoms with E-state index in [0.29, 0.717) is 9.99 Å². The van der Waals surface area contributed by atoms with Crippen molar-refractivity contribution < 1.29 is 13.9 Å². The largest absolute Gasteiger partial charge is 0.462 e. The van der Waals surface area contributed by atoms with Crippen LogP contribution in [0.1, 0.15) is 17.3 Å². The summed E-state index contributed by atoms with van der Waals surface area (Å²) in [6, 6.07) is 2.89. The molecule has 0 unspecified atom stereocenters. The Kier molecular flexibility index (Phi) is 3.82. The Balaban J connectivity index is 2.67. The Bertz CT molecular complexity index is 633. The zero-order valence-electron chi connectivity index (χ0n) is 9.34. The molecule has 0 radical (unpaired) electrons. The summed E-state index contributed by atoms with van der Waals surface area (Å²) < 4.78 is 19.2. The summed E-state index contributed by atoms with van der Waals surface area (Å²) in [5.41, 5.74) is 0.437. The van der Waals surface area contributed by atoms with Gasteiger partial charge in [-0.1, -0.05) is 27.5 Å². The van der Waals surface area contributed by atoms with E-state index in [-0.39, 0.29) is 22.6 Å². The summed E-state index contributed by atoms with van der Waals surface area (Å²) in [6.07, 6.45) is 1.29. The van der Waals surface area contributed by atoms with Crippen molar-refractivity contribution in [2.75, 3.05) is 6.61 Å². The van der Waals surface area contributed by atoms with E-state index in [1.54, 1.807) is 13.0 Å². The molecule has 0 saturated carbocycles. The number of carbonyl (C=O) groups is 1. The number of fused-ring (bicyclic) bond motifs is 1. The first kappa shape index (κ1) is 13.2. The van der Waals surface area contributed by atoms with Gasteiger partial charge in [0, 0.05) is 10.7 Å². The van der Waals surface area contributed by atoms with Crippen molar-refractivity contribution in [2.24, 2.45) is 0 Å². The number of ether oxygens (including phenoxy) is 1. The molecule has 3 nitrogen and oxygen atoms in total. The average Bonchev–Trinajstić information content (AvgIpc) is 2.28. The number of rotatable bonds is 2. The van der Waals surface area contributed by atoms with E-state index in [4.69, 9.17) is 16.3 Å². The second-order valence-electron chi connectivity index (χ2n) is 3.49. The summed E-state index contributed by atoms with van der Waals surface area (Å²) in [5, 5.41) is 0.133. The number of nitrogens with zero attached hydrogens (tertiary/aromatic N) is 1. The van der Waals surface area contributed by atoms with Crippen LogP contribution in [0.15, 0.2) is 22.8 Å². The lowest BCUT2D eigenvalue weighted by atomic mass is 10.1. The minimum atomic E-state index is -0.612. The molecule has 1 heterocycles. The quantitative estimate of drug-likeness (QED) is 0.781. The normalized spacial score (nSPS) is 10.7. The van der Waals surface area contributed by atoms with Crippen LogP contribution < -0.4 is 0 Å². The Hall–Kier alpha value is -1.20. The van der Waals surface area contributed by atoms with Gasteiger partial charge < -0.3 is 4.74 Å². The molecule has 0 saturated heterocycles. The Morgan fingerprint density at radius 1 is 1.56 bits per heavy atom. The van der Waals surface area contributed by atoms with Crippen molar-refractivity contribution in [1.82, 2.24) is 4.98 Å². The van der Waals surface area contributed by atoms with Crippen LogP contribution in [0, 0.1) is 5.82 Å². The molecule has 1 aromatic carbocycles. The second kappa shape index (κ2) is 5.20. The molecule has 2 rings (SSSR count). The zero-order chi connectivity index (χ0) is 13.3. The molecule has 94 valence electrons. The minimum absolute atomic E-state index is 0.0171. The number of esters is 1. The highest BCUT2D eigenvalue weighted by molar-refractivity contribution is 9.10. The Morgan fingerprint density at radius 3 is 2.94 bits per heavy atom. The number of halogens is 3. The molecule has 18 heavy (non-hydrogen) atoms. The van der Waals surface area contributed by atoms with Crippen LogP contribution in [0.2, 0.25) is 5.02 Å². The predicted molar refractivity (Wildman–Crippen MR) is 70.4 cm³/mol. The first-order valence-electron chi connectivity index (χ1n) is 5.15. The van der Waals surface area contributed by atoms with Crippen LogP contribution in [-0.4, -0.2) is 17.6 Å². The molecule has 0 N–H and O–H groups in total. The third-order valence-corrected chi connectivity index (χ3v) is 3.17. The van der Waals surface area contributed by atoms with Gasteiger partial charge in [0.05, 0.1) is 28.1 Å². The van der Waals surface area contributed by atoms with E-state index in [9.17, 15) is 9.18 Å². The van der Waals surface area contributed by atoms with Crippen LogP contribution in [0.5, 0.6) is 0 Å². The molecule has 0 amide bonds. The van der Waals surface area contributed by atoms with E-state index in [2.05, 4.69) is 20.9 Å². The predicted octanol–water partition coefficient (Wildman–Crippen LogP) is 3.97. The summed E-state index contributed by atoms with van der Waals surface area (Å²) in [4.78, 5) is 15.6. The smallest absolute Gasteiger partial charge is 0.341 e. The third-order valence-electron chi connectivity index (χ3n) is 2.32. The highest BCUT2D eigenvalue weighted by Gasteiger charge is 2.17. The lowest BCUT2D eigenvalue weighted by molar-refractivity contribution is 0.0526. The maximum atomic E-state index is 13.8. The SMILES string of the molecule is CCOC(=O)c1cnc2cc(Br)cc(F)c2c1Cl. The molecule has 1 aromatic heterocycles. The van der Waals surface area contributed by atoms with E-state index < -0.39 is 11.8 Å². The maximum Gasteiger partial charge on any atom is 0.341 e. The molecule has 0 fully saturated rings. The van der Waals surface area contributed by atoms with Crippen molar-refractivity contribution in [3.05, 3.63) is 39.2 Å². The summed E-state index contributed by atoms with van der Waals surface area (Å²) in [5.74, 6) is -1.15. The zero-order valence-corrected chi connectivity index (χ0v) is 11.7. The summed E-state index contributed by atoms with van der Waals surface area (Å²) in [6.45, 7) is 1.90. The van der Waals surface area contributed by atoms with Crippen molar-refractivity contribution in [2.45, 2.75) is 6.92 Å². The highest BCUT2D eigenvalue weighted by atomic mass is 79.9. The molecule has 0 aliphatic carbocycles. The number of hydrogen-bond acceptors (Lipinski definition) is 3. The standard InChI is InChI=1S/C12H8BrClFNO2/c1-2-18-12(17)7-5-16-9-4-6(13)3-8(15)10(9)11(7)14/h3-5H,2H2,1H3. The van der Waals surface area contributed by atoms with E-state index in [1.165, 1.54) is 12.3 Å². The van der Waals surface area contributed by atoms with Gasteiger partial charge in [0.25, 0.3) is 0 Å². The van der Waals surface area contributed by atoms with Gasteiger partial charge in [-0.15, -0.1) is 0 Å². The Labute approximate surface area is 116 Å². The van der Waals surface area contributed by atoms with Crippen molar-refractivity contribution in [3.63, 3.8) is 0 Å². The van der Waals surface area contributed by atoms with E-state index in [1.807, 2.05) is 0 Å². The van der Waals surface area contributed by atoms with E-state index >= 15 is 0 Å². The van der Waals surface area contributed by atoms with Crippen molar-refractivity contribution in [3.8, 4) is 0 Å². The van der Waals surface area contributed by atoms with Gasteiger partial charge in [-0.2, -0.15) is 0 Å². The molecule has 6 heteroatoms. The van der Waals surface area contributed by atoms with Crippen molar-refractivity contribution in [1.29, 1.82) is 0 Å². The lowest BCUT2D eigenvalue weighted by Gasteiger charge is -2.07. The minimum Gasteiger partial charge on any atom is -0.462 e. The van der Waals surface area contributed by atoms with Gasteiger partial charge in [-0.05, 0) is 19.1 Å². The number of aromatic nitrogens is 1. The first-order chi connectivity index (χ1) is 8.54. The molecule has 0 spiro atoms. The topological polar surface area (TPSA) is 39.2 Å². The second-order valence-corrected chi connectivity index (χ2v) is 4.78. The lowest BCUT2D eigenvalue weighted by Crippen LogP contribution is -2.06. The highest BCUT2D eigenvalue weighted by Crippen LogP contribution is 2.30. The molecular formula is C12H8BrClFNO2. The van der Waals surface area contributed by atoms with Gasteiger partial charge in [-0.3, -0.25) is 4.98 Å². The third kappa shape index (κ3) is 2.33. The molecule has 0 aliphatic rings. The van der Waals surface area contributed by atoms with Gasteiger partial charge in [0.1, 0.15) is 5.82 Å². The van der Waals surface area contributed by atoms with E-state index in [0.717, 1.165) is 0 Å². The van der Waals surface area contributed by atoms with Crippen LogP contribution in [-0.2, 0) is 4.74 Å². The van der Waals surface area contributed by atoms with Gasteiger partial charge in [0.15, 0.2) is 0 Å². The summed E-state index contributed by atoms with van der Waals surface area (Å²) in [7, 11) is 0. The number of hydrogen-bond donors (Lipinski definition) is 0. The molecule has 0 aliphatic heterocycles. The van der Waals surface area contributed by atoms with Crippen LogP contribution in [0.4, 0.5) is 4.39 Å². The summed E-state index contributed by atoms with van der Waals surface area (Å²) >= 11 is 9.20. The first-order valence-corrected chi connectivity index (χ1v) is 6.32. The Morgan fingerprint density at radius 2 is 2.28 bits per heavy atom. The monoisotopic (exact) mass is 331 g/mol. The van der Waals surface area contributed by atoms with Gasteiger partial charge in [0.2, 0.25) is 0 Å².